The van der Waals surface area contributed by atoms with Crippen molar-refractivity contribution >= 4 is 23.0 Å². The minimum Gasteiger partial charge on any atom is -0.493 e. The molecule has 0 radical (unpaired) electrons. The van der Waals surface area contributed by atoms with Gasteiger partial charge >= 0.3 is 0 Å². The molecule has 0 spiro atoms. The Hall–Kier alpha value is -2.32. The Balaban J connectivity index is 2.07. The molecule has 0 saturated heterocycles. The number of aryl methyl sites for hydroxylation is 1. The smallest absolute Gasteiger partial charge is 0.170 e. The van der Waals surface area contributed by atoms with Crippen LogP contribution in [0.4, 0.5) is 5.69 Å². The van der Waals surface area contributed by atoms with Crippen molar-refractivity contribution < 1.29 is 14.2 Å². The van der Waals surface area contributed by atoms with Crippen LogP contribution in [-0.2, 0) is 11.3 Å². The van der Waals surface area contributed by atoms with Crippen molar-refractivity contribution in [1.82, 2.24) is 15.1 Å². The number of aromatic nitrogens is 2. The van der Waals surface area contributed by atoms with E-state index < -0.39 is 0 Å². The van der Waals surface area contributed by atoms with Gasteiger partial charge in [0.2, 0.25) is 0 Å². The summed E-state index contributed by atoms with van der Waals surface area (Å²) < 4.78 is 17.7. The normalized spacial score (nSPS) is 10.6. The first-order chi connectivity index (χ1) is 13.0. The Kier molecular flexibility index (Phi) is 7.87. The fraction of sp³-hybridized carbons (Fsp3) is 0.474. The van der Waals surface area contributed by atoms with Crippen molar-refractivity contribution in [3.8, 4) is 11.5 Å². The van der Waals surface area contributed by atoms with Gasteiger partial charge in [-0.25, -0.2) is 0 Å². The first-order valence-corrected chi connectivity index (χ1v) is 9.19. The largest absolute Gasteiger partial charge is 0.493 e. The van der Waals surface area contributed by atoms with Gasteiger partial charge in [0.05, 0.1) is 37.8 Å². The molecule has 0 saturated carbocycles. The Morgan fingerprint density at radius 1 is 1.15 bits per heavy atom. The lowest BCUT2D eigenvalue weighted by atomic mass is 10.2. The predicted octanol–water partition coefficient (Wildman–Crippen LogP) is 2.89. The van der Waals surface area contributed by atoms with Gasteiger partial charge in [-0.15, -0.1) is 0 Å². The van der Waals surface area contributed by atoms with Crippen LogP contribution in [0.3, 0.4) is 0 Å². The van der Waals surface area contributed by atoms with Crippen molar-refractivity contribution in [1.29, 1.82) is 0 Å². The summed E-state index contributed by atoms with van der Waals surface area (Å²) >= 11 is 5.37. The summed E-state index contributed by atoms with van der Waals surface area (Å²) in [5, 5.41) is 11.7. The number of hydrogen-bond acceptors (Lipinski definition) is 5. The van der Waals surface area contributed by atoms with Gasteiger partial charge in [0, 0.05) is 20.3 Å². The summed E-state index contributed by atoms with van der Waals surface area (Å²) in [6, 6.07) is 5.87. The van der Waals surface area contributed by atoms with E-state index >= 15 is 0 Å². The Bertz CT molecular complexity index is 777. The average Bonchev–Trinajstić information content (AvgIpc) is 2.92. The highest BCUT2D eigenvalue weighted by Crippen LogP contribution is 2.28. The molecule has 0 amide bonds. The van der Waals surface area contributed by atoms with Crippen LogP contribution in [0.15, 0.2) is 18.2 Å². The van der Waals surface area contributed by atoms with E-state index in [9.17, 15) is 0 Å². The maximum atomic E-state index is 5.38. The molecule has 1 aromatic heterocycles. The van der Waals surface area contributed by atoms with Gasteiger partial charge in [-0.3, -0.25) is 4.68 Å². The van der Waals surface area contributed by atoms with E-state index in [4.69, 9.17) is 26.4 Å². The number of benzene rings is 1. The number of nitrogens with one attached hydrogen (secondary N) is 2. The SMILES string of the molecule is COCCCNC(=S)Nc1c(C)nn(Cc2ccc(OC)c(OC)c2)c1C. The number of hydrogen-bond donors (Lipinski definition) is 2. The number of thiocarbonyl (C=S) groups is 1. The van der Waals surface area contributed by atoms with Gasteiger partial charge in [0.25, 0.3) is 0 Å². The molecule has 8 heteroatoms. The van der Waals surface area contributed by atoms with E-state index in [1.807, 2.05) is 36.7 Å². The third kappa shape index (κ3) is 5.58. The standard InChI is InChI=1S/C19H28N4O3S/c1-13-18(21-19(27)20-9-6-10-24-3)14(2)23(22-13)12-15-7-8-16(25-4)17(11-15)26-5/h7-8,11H,6,9-10,12H2,1-5H3,(H2,20,21,27). The van der Waals surface area contributed by atoms with Gasteiger partial charge in [-0.2, -0.15) is 5.10 Å². The lowest BCUT2D eigenvalue weighted by molar-refractivity contribution is 0.196. The second kappa shape index (κ2) is 10.1. The van der Waals surface area contributed by atoms with Gasteiger partial charge in [-0.1, -0.05) is 6.07 Å². The summed E-state index contributed by atoms with van der Waals surface area (Å²) in [5.74, 6) is 1.41. The molecule has 0 aliphatic heterocycles. The molecule has 2 N–H and O–H groups in total. The highest BCUT2D eigenvalue weighted by Gasteiger charge is 2.14. The summed E-state index contributed by atoms with van der Waals surface area (Å²) in [5.41, 5.74) is 3.92. The van der Waals surface area contributed by atoms with Crippen LogP contribution >= 0.6 is 12.2 Å². The molecule has 1 aromatic carbocycles. The molecule has 148 valence electrons. The number of anilines is 1. The Morgan fingerprint density at radius 3 is 2.56 bits per heavy atom. The van der Waals surface area contributed by atoms with Crippen LogP contribution < -0.4 is 20.1 Å². The zero-order valence-corrected chi connectivity index (χ0v) is 17.4. The molecule has 0 aliphatic carbocycles. The van der Waals surface area contributed by atoms with Crippen molar-refractivity contribution in [3.63, 3.8) is 0 Å². The lowest BCUT2D eigenvalue weighted by Gasteiger charge is -2.12. The van der Waals surface area contributed by atoms with E-state index in [0.29, 0.717) is 29.8 Å². The summed E-state index contributed by atoms with van der Waals surface area (Å²) in [7, 11) is 4.95. The third-order valence-corrected chi connectivity index (χ3v) is 4.46. The summed E-state index contributed by atoms with van der Waals surface area (Å²) in [6.07, 6.45) is 0.898. The molecule has 0 bridgehead atoms. The lowest BCUT2D eigenvalue weighted by Crippen LogP contribution is -2.30. The van der Waals surface area contributed by atoms with Gasteiger partial charge in [0.15, 0.2) is 16.6 Å². The molecule has 0 atom stereocenters. The zero-order chi connectivity index (χ0) is 19.8. The van der Waals surface area contributed by atoms with Crippen LogP contribution in [0.2, 0.25) is 0 Å². The zero-order valence-electron chi connectivity index (χ0n) is 16.6. The van der Waals surface area contributed by atoms with Crippen molar-refractivity contribution in [2.75, 3.05) is 39.8 Å². The minimum atomic E-state index is 0.586. The molecular weight excluding hydrogens is 364 g/mol. The quantitative estimate of drug-likeness (QED) is 0.502. The average molecular weight is 393 g/mol. The van der Waals surface area contributed by atoms with Gasteiger partial charge in [0.1, 0.15) is 0 Å². The van der Waals surface area contributed by atoms with Crippen LogP contribution in [0.25, 0.3) is 0 Å². The summed E-state index contributed by atoms with van der Waals surface area (Å²) in [4.78, 5) is 0. The minimum absolute atomic E-state index is 0.586. The van der Waals surface area contributed by atoms with Crippen LogP contribution in [0.5, 0.6) is 11.5 Å². The molecular formula is C19H28N4O3S. The van der Waals surface area contributed by atoms with Crippen molar-refractivity contribution in [3.05, 3.63) is 35.2 Å². The number of rotatable bonds is 9. The molecule has 2 aromatic rings. The van der Waals surface area contributed by atoms with Crippen LogP contribution in [-0.4, -0.2) is 49.4 Å². The Morgan fingerprint density at radius 2 is 1.89 bits per heavy atom. The first kappa shape index (κ1) is 21.0. The molecule has 0 fully saturated rings. The second-order valence-corrected chi connectivity index (χ2v) is 6.53. The molecule has 0 aliphatic rings. The highest BCUT2D eigenvalue weighted by molar-refractivity contribution is 7.80. The maximum Gasteiger partial charge on any atom is 0.170 e. The maximum absolute atomic E-state index is 5.38. The number of ether oxygens (including phenoxy) is 3. The van der Waals surface area contributed by atoms with E-state index in [1.165, 1.54) is 0 Å². The fourth-order valence-electron chi connectivity index (χ4n) is 2.76. The molecule has 27 heavy (non-hydrogen) atoms. The number of methoxy groups -OCH3 is 3. The second-order valence-electron chi connectivity index (χ2n) is 6.12. The van der Waals surface area contributed by atoms with Crippen LogP contribution in [0.1, 0.15) is 23.4 Å². The topological polar surface area (TPSA) is 69.6 Å². The predicted molar refractivity (Wildman–Crippen MR) is 111 cm³/mol. The number of nitrogens with zero attached hydrogens (tertiary/aromatic N) is 2. The van der Waals surface area contributed by atoms with Crippen molar-refractivity contribution in [2.24, 2.45) is 0 Å². The van der Waals surface area contributed by atoms with E-state index in [1.54, 1.807) is 21.3 Å². The summed E-state index contributed by atoms with van der Waals surface area (Å²) in [6.45, 7) is 6.09. The van der Waals surface area contributed by atoms with Crippen molar-refractivity contribution in [2.45, 2.75) is 26.8 Å². The molecule has 7 nitrogen and oxygen atoms in total. The van der Waals surface area contributed by atoms with Crippen LogP contribution in [0, 0.1) is 13.8 Å². The molecule has 1 heterocycles. The monoisotopic (exact) mass is 392 g/mol. The van der Waals surface area contributed by atoms with Gasteiger partial charge in [-0.05, 0) is 50.2 Å². The van der Waals surface area contributed by atoms with E-state index in [0.717, 1.165) is 35.6 Å². The van der Waals surface area contributed by atoms with E-state index in [2.05, 4.69) is 15.7 Å². The van der Waals surface area contributed by atoms with Gasteiger partial charge < -0.3 is 24.8 Å². The Labute approximate surface area is 166 Å². The highest BCUT2D eigenvalue weighted by atomic mass is 32.1. The first-order valence-electron chi connectivity index (χ1n) is 8.78. The molecule has 2 rings (SSSR count). The van der Waals surface area contributed by atoms with E-state index in [-0.39, 0.29) is 0 Å². The molecule has 0 unspecified atom stereocenters. The third-order valence-electron chi connectivity index (χ3n) is 4.21. The fourth-order valence-corrected chi connectivity index (χ4v) is 2.96.